The van der Waals surface area contributed by atoms with Gasteiger partial charge in [0.15, 0.2) is 0 Å². The molecule has 0 saturated heterocycles. The van der Waals surface area contributed by atoms with E-state index >= 15 is 0 Å². The fourth-order valence-corrected chi connectivity index (χ4v) is 0. The molecule has 35 valence electrons. The standard InChI is InChI=1S/Cr.H3O2PS2/c;1-3(2,4)5/h;(H3,1,2,4,5)/q+3;/p-3. The van der Waals surface area contributed by atoms with E-state index in [0.29, 0.717) is 0 Å². The van der Waals surface area contributed by atoms with Crippen molar-refractivity contribution in [1.82, 2.24) is 0 Å². The second-order valence-electron chi connectivity index (χ2n) is 0.447. The normalized spacial score (nSPS) is 9.83. The smallest absolute Gasteiger partial charge is 0.850 e. The van der Waals surface area contributed by atoms with E-state index in [0.717, 1.165) is 0 Å². The van der Waals surface area contributed by atoms with E-state index in [1.165, 1.54) is 0 Å². The minimum absolute atomic E-state index is 0. The molecule has 0 aliphatic carbocycles. The van der Waals surface area contributed by atoms with Crippen molar-refractivity contribution in [1.29, 1.82) is 0 Å². The summed E-state index contributed by atoms with van der Waals surface area (Å²) in [5.74, 6) is 0. The number of hydrogen-bond acceptors (Lipinski definition) is 4. The summed E-state index contributed by atoms with van der Waals surface area (Å²) < 4.78 is 0. The Kier molecular flexibility index (Phi) is 6.01. The molecule has 0 aromatic carbocycles. The van der Waals surface area contributed by atoms with Crippen molar-refractivity contribution < 1.29 is 27.1 Å². The van der Waals surface area contributed by atoms with Crippen molar-refractivity contribution in [2.45, 2.75) is 0 Å². The van der Waals surface area contributed by atoms with Crippen molar-refractivity contribution in [3.05, 3.63) is 0 Å². The molecule has 0 aromatic rings. The van der Waals surface area contributed by atoms with Crippen LogP contribution in [-0.4, -0.2) is 0 Å². The first-order chi connectivity index (χ1) is 2.00. The van der Waals surface area contributed by atoms with Crippen LogP contribution in [0.5, 0.6) is 0 Å². The zero-order valence-corrected chi connectivity index (χ0v) is 6.29. The van der Waals surface area contributed by atoms with E-state index in [2.05, 4.69) is 24.1 Å². The monoisotopic (exact) mass is 179 g/mol. The van der Waals surface area contributed by atoms with Gasteiger partial charge in [0.2, 0.25) is 0 Å². The molecular weight excluding hydrogens is 179 g/mol. The Morgan fingerprint density at radius 1 is 1.50 bits per heavy atom. The second-order valence-corrected chi connectivity index (χ2v) is 4.92. The Hall–Kier alpha value is 1.45. The first kappa shape index (κ1) is 10.4. The van der Waals surface area contributed by atoms with E-state index in [1.807, 2.05) is 0 Å². The molecule has 0 atom stereocenters. The molecule has 1 radical (unpaired) electrons. The molecule has 0 fully saturated rings. The molecule has 0 N–H and O–H groups in total. The largest absolute Gasteiger partial charge is 3.00 e. The number of rotatable bonds is 0. The van der Waals surface area contributed by atoms with Gasteiger partial charge in [-0.3, -0.25) is 0 Å². The average Bonchev–Trinajstić information content (AvgIpc) is 0.722. The van der Waals surface area contributed by atoms with Crippen LogP contribution in [0.3, 0.4) is 0 Å². The summed E-state index contributed by atoms with van der Waals surface area (Å²) in [5, 5.41) is 0. The predicted molar refractivity (Wildman–Crippen MR) is 21.6 cm³/mol. The molecule has 0 aliphatic rings. The van der Waals surface area contributed by atoms with Gasteiger partial charge in [0.25, 0.3) is 0 Å². The van der Waals surface area contributed by atoms with Crippen molar-refractivity contribution in [3.63, 3.8) is 0 Å². The Balaban J connectivity index is 0. The molecule has 0 heterocycles. The van der Waals surface area contributed by atoms with Crippen molar-refractivity contribution >= 4 is 29.7 Å². The molecule has 0 spiro atoms. The van der Waals surface area contributed by atoms with Gasteiger partial charge in [-0.15, -0.1) is 0 Å². The maximum atomic E-state index is 9.29. The van der Waals surface area contributed by atoms with Gasteiger partial charge in [0.05, 0.1) is 0 Å². The van der Waals surface area contributed by atoms with Gasteiger partial charge in [-0.1, -0.05) is 0 Å². The van der Waals surface area contributed by atoms with Crippen molar-refractivity contribution in [2.24, 2.45) is 0 Å². The summed E-state index contributed by atoms with van der Waals surface area (Å²) in [6.45, 7) is 0. The summed E-state index contributed by atoms with van der Waals surface area (Å²) in [5.41, 5.74) is -3.72. The predicted octanol–water partition coefficient (Wildman–Crippen LogP) is -1.52. The molecule has 6 heteroatoms. The van der Waals surface area contributed by atoms with Crippen molar-refractivity contribution in [3.8, 4) is 0 Å². The minimum Gasteiger partial charge on any atom is -0.850 e. The first-order valence-electron chi connectivity index (χ1n) is 0.730. The molecule has 0 unspecified atom stereocenters. The molecule has 0 saturated carbocycles. The van der Waals surface area contributed by atoms with Crippen LogP contribution in [0.15, 0.2) is 0 Å². The van der Waals surface area contributed by atoms with Gasteiger partial charge < -0.3 is 27.7 Å². The van der Waals surface area contributed by atoms with Gasteiger partial charge in [-0.25, -0.2) is 0 Å². The van der Waals surface area contributed by atoms with Crippen molar-refractivity contribution in [2.75, 3.05) is 0 Å². The molecule has 0 amide bonds. The van der Waals surface area contributed by atoms with Gasteiger partial charge in [0.1, 0.15) is 0 Å². The average molecular weight is 179 g/mol. The minimum atomic E-state index is -3.72. The maximum Gasteiger partial charge on any atom is 3.00 e. The second kappa shape index (κ2) is 3.45. The zero-order valence-electron chi connectivity index (χ0n) is 2.49. The van der Waals surface area contributed by atoms with Gasteiger partial charge in [0, 0.05) is 0 Å². The maximum absolute atomic E-state index is 9.29. The van der Waals surface area contributed by atoms with Crippen LogP contribution < -0.4 is 9.79 Å². The Morgan fingerprint density at radius 3 is 1.50 bits per heavy atom. The summed E-state index contributed by atoms with van der Waals surface area (Å²) in [4.78, 5) is 18.6. The Labute approximate surface area is 57.0 Å². The van der Waals surface area contributed by atoms with Crippen LogP contribution in [-0.2, 0) is 41.4 Å². The van der Waals surface area contributed by atoms with Crippen LogP contribution in [0.4, 0.5) is 0 Å². The van der Waals surface area contributed by atoms with E-state index in [4.69, 9.17) is 0 Å². The molecule has 0 bridgehead atoms. The Morgan fingerprint density at radius 2 is 1.50 bits per heavy atom. The first-order valence-corrected chi connectivity index (χ1v) is 4.38. The van der Waals surface area contributed by atoms with E-state index in [9.17, 15) is 9.79 Å². The molecule has 0 aliphatic heterocycles. The third kappa shape index (κ3) is 51.2. The summed E-state index contributed by atoms with van der Waals surface area (Å²) >= 11 is 7.28. The fourth-order valence-electron chi connectivity index (χ4n) is 0. The van der Waals surface area contributed by atoms with Crippen LogP contribution in [0.2, 0.25) is 0 Å². The fraction of sp³-hybridized carbons (Fsp3) is 0. The quantitative estimate of drug-likeness (QED) is 0.334. The Bertz CT molecular complexity index is 57.7. The van der Waals surface area contributed by atoms with Crippen LogP contribution in [0.25, 0.3) is 0 Å². The van der Waals surface area contributed by atoms with Crippen LogP contribution >= 0.6 is 5.69 Å². The van der Waals surface area contributed by atoms with E-state index in [-0.39, 0.29) is 17.4 Å². The summed E-state index contributed by atoms with van der Waals surface area (Å²) in [6, 6.07) is 0. The topological polar surface area (TPSA) is 46.1 Å². The van der Waals surface area contributed by atoms with Gasteiger partial charge >= 0.3 is 17.4 Å². The molecule has 6 heavy (non-hydrogen) atoms. The SMILES string of the molecule is [Cr+3].[O-]P([O-])(=S)[S-]. The van der Waals surface area contributed by atoms with Gasteiger partial charge in [-0.2, -0.15) is 11.8 Å². The molecule has 0 rings (SSSR count). The number of hydrogen-bond donors (Lipinski definition) is 0. The van der Waals surface area contributed by atoms with Crippen LogP contribution in [0, 0.1) is 0 Å². The van der Waals surface area contributed by atoms with E-state index < -0.39 is 5.69 Å². The van der Waals surface area contributed by atoms with Crippen LogP contribution in [0.1, 0.15) is 0 Å². The molecule has 2 nitrogen and oxygen atoms in total. The third-order valence-electron chi connectivity index (χ3n) is 0. The molecule has 0 aromatic heterocycles. The zero-order chi connectivity index (χ0) is 4.50. The molecular formula is CrO2PS2. The van der Waals surface area contributed by atoms with Gasteiger partial charge in [-0.05, 0) is 0 Å². The third-order valence-corrected chi connectivity index (χ3v) is 0. The summed E-state index contributed by atoms with van der Waals surface area (Å²) in [6.07, 6.45) is 0. The summed E-state index contributed by atoms with van der Waals surface area (Å²) in [7, 11) is 0. The van der Waals surface area contributed by atoms with E-state index in [1.54, 1.807) is 0 Å².